The fraction of sp³-hybridized carbons (Fsp3) is 0.250. The number of hydrogen-bond donors (Lipinski definition) is 0. The van der Waals surface area contributed by atoms with Crippen molar-refractivity contribution < 1.29 is 14.4 Å². The summed E-state index contributed by atoms with van der Waals surface area (Å²) >= 11 is 0. The van der Waals surface area contributed by atoms with E-state index < -0.39 is 16.1 Å². The number of ether oxygens (including phenoxy) is 2. The molecule has 1 spiro atoms. The van der Waals surface area contributed by atoms with E-state index in [0.29, 0.717) is 11.3 Å². The fourth-order valence-corrected chi connectivity index (χ4v) is 4.98. The summed E-state index contributed by atoms with van der Waals surface area (Å²) in [4.78, 5) is 13.5. The van der Waals surface area contributed by atoms with E-state index in [-0.39, 0.29) is 11.4 Å². The Morgan fingerprint density at radius 2 is 1.90 bits per heavy atom. The van der Waals surface area contributed by atoms with Crippen molar-refractivity contribution in [2.45, 2.75) is 25.0 Å². The Hall–Kier alpha value is -3.54. The molecule has 2 aliphatic rings. The number of anilines is 1. The number of hydrogen-bond acceptors (Lipinski definition) is 5. The second-order valence-corrected chi connectivity index (χ2v) is 8.32. The molecule has 0 aromatic heterocycles. The van der Waals surface area contributed by atoms with Gasteiger partial charge in [0.05, 0.1) is 23.5 Å². The van der Waals surface area contributed by atoms with Gasteiger partial charge in [0.15, 0.2) is 0 Å². The lowest BCUT2D eigenvalue weighted by Crippen LogP contribution is -2.58. The molecule has 1 atom stereocenters. The Morgan fingerprint density at radius 1 is 1.13 bits per heavy atom. The van der Waals surface area contributed by atoms with Crippen LogP contribution >= 0.6 is 0 Å². The molecule has 0 saturated heterocycles. The van der Waals surface area contributed by atoms with Gasteiger partial charge in [-0.25, -0.2) is 0 Å². The highest BCUT2D eigenvalue weighted by Crippen LogP contribution is 2.57. The molecule has 152 valence electrons. The van der Waals surface area contributed by atoms with E-state index in [1.807, 2.05) is 31.3 Å². The lowest BCUT2D eigenvalue weighted by Gasteiger charge is -2.45. The van der Waals surface area contributed by atoms with Crippen LogP contribution < -0.4 is 14.4 Å². The minimum absolute atomic E-state index is 0.0990. The third kappa shape index (κ3) is 2.19. The van der Waals surface area contributed by atoms with Gasteiger partial charge in [-0.3, -0.25) is 10.1 Å². The highest BCUT2D eigenvalue weighted by Gasteiger charge is 2.59. The van der Waals surface area contributed by atoms with Crippen molar-refractivity contribution in [3.8, 4) is 11.5 Å². The Morgan fingerprint density at radius 3 is 2.63 bits per heavy atom. The van der Waals surface area contributed by atoms with E-state index in [9.17, 15) is 10.1 Å². The summed E-state index contributed by atoms with van der Waals surface area (Å²) in [5.74, 6) is 0.693. The number of likely N-dealkylation sites (N-methyl/N-ethyl adjacent to an activating group) is 1. The molecule has 2 heterocycles. The van der Waals surface area contributed by atoms with E-state index in [2.05, 4.69) is 43.0 Å². The molecule has 0 bridgehead atoms. The van der Waals surface area contributed by atoms with E-state index in [1.165, 1.54) is 18.7 Å². The van der Waals surface area contributed by atoms with E-state index in [0.717, 1.165) is 16.5 Å². The summed E-state index contributed by atoms with van der Waals surface area (Å²) in [6.45, 7) is 4.26. The van der Waals surface area contributed by atoms with Crippen LogP contribution in [0.15, 0.2) is 54.6 Å². The van der Waals surface area contributed by atoms with Crippen LogP contribution in [-0.2, 0) is 5.41 Å². The highest BCUT2D eigenvalue weighted by molar-refractivity contribution is 5.94. The topological polar surface area (TPSA) is 64.8 Å². The summed E-state index contributed by atoms with van der Waals surface area (Å²) in [7, 11) is 3.48. The monoisotopic (exact) mass is 402 g/mol. The zero-order chi connectivity index (χ0) is 21.3. The van der Waals surface area contributed by atoms with Gasteiger partial charge in [0.2, 0.25) is 11.5 Å². The smallest absolute Gasteiger partial charge is 0.315 e. The average Bonchev–Trinajstić information content (AvgIpc) is 2.91. The van der Waals surface area contributed by atoms with Crippen LogP contribution in [0.3, 0.4) is 0 Å². The van der Waals surface area contributed by atoms with Gasteiger partial charge in [-0.15, -0.1) is 0 Å². The van der Waals surface area contributed by atoms with Crippen molar-refractivity contribution in [1.29, 1.82) is 0 Å². The van der Waals surface area contributed by atoms with Crippen LogP contribution in [0.1, 0.15) is 25.0 Å². The average molecular weight is 402 g/mol. The van der Waals surface area contributed by atoms with Crippen LogP contribution in [0, 0.1) is 10.1 Å². The molecule has 0 N–H and O–H groups in total. The lowest BCUT2D eigenvalue weighted by atomic mass is 9.75. The van der Waals surface area contributed by atoms with E-state index in [1.54, 1.807) is 6.07 Å². The molecule has 0 radical (unpaired) electrons. The minimum Gasteiger partial charge on any atom is -0.496 e. The maximum absolute atomic E-state index is 11.8. The van der Waals surface area contributed by atoms with Crippen molar-refractivity contribution in [3.05, 3.63) is 75.8 Å². The number of nitrogens with zero attached hydrogens (tertiary/aromatic N) is 2. The summed E-state index contributed by atoms with van der Waals surface area (Å²) in [6.07, 6.45) is 3.91. The van der Waals surface area contributed by atoms with Crippen molar-refractivity contribution in [2.75, 3.05) is 19.1 Å². The molecular formula is C24H22N2O4. The molecule has 1 unspecified atom stereocenters. The van der Waals surface area contributed by atoms with Crippen molar-refractivity contribution in [1.82, 2.24) is 0 Å². The highest BCUT2D eigenvalue weighted by atomic mass is 16.6. The number of benzene rings is 3. The quantitative estimate of drug-likeness (QED) is 0.431. The van der Waals surface area contributed by atoms with Gasteiger partial charge in [0.1, 0.15) is 5.75 Å². The molecule has 6 heteroatoms. The largest absolute Gasteiger partial charge is 0.496 e. The zero-order valence-electron chi connectivity index (χ0n) is 17.3. The van der Waals surface area contributed by atoms with Gasteiger partial charge in [-0.1, -0.05) is 30.3 Å². The third-order valence-electron chi connectivity index (χ3n) is 6.54. The van der Waals surface area contributed by atoms with Gasteiger partial charge in [0.25, 0.3) is 0 Å². The van der Waals surface area contributed by atoms with Crippen molar-refractivity contribution in [2.24, 2.45) is 0 Å². The van der Waals surface area contributed by atoms with E-state index in [4.69, 9.17) is 9.47 Å². The first-order valence-electron chi connectivity index (χ1n) is 9.81. The molecule has 6 nitrogen and oxygen atoms in total. The maximum Gasteiger partial charge on any atom is 0.315 e. The number of methoxy groups -OCH3 is 1. The van der Waals surface area contributed by atoms with Crippen molar-refractivity contribution >= 4 is 28.2 Å². The lowest BCUT2D eigenvalue weighted by molar-refractivity contribution is -0.386. The zero-order valence-corrected chi connectivity index (χ0v) is 17.3. The number of rotatable bonds is 2. The normalized spacial score (nSPS) is 20.7. The van der Waals surface area contributed by atoms with E-state index >= 15 is 0 Å². The number of nitro groups is 1. The maximum atomic E-state index is 11.8. The van der Waals surface area contributed by atoms with Crippen LogP contribution in [0.4, 0.5) is 11.4 Å². The van der Waals surface area contributed by atoms with Crippen LogP contribution in [0.25, 0.3) is 16.8 Å². The first kappa shape index (κ1) is 18.5. The van der Waals surface area contributed by atoms with Crippen molar-refractivity contribution in [3.63, 3.8) is 0 Å². The van der Waals surface area contributed by atoms with Gasteiger partial charge in [0, 0.05) is 18.3 Å². The first-order valence-corrected chi connectivity index (χ1v) is 9.81. The van der Waals surface area contributed by atoms with Crippen LogP contribution in [-0.4, -0.2) is 24.8 Å². The molecular weight excluding hydrogens is 380 g/mol. The minimum atomic E-state index is -0.897. The molecule has 0 saturated carbocycles. The van der Waals surface area contributed by atoms with Crippen LogP contribution in [0.5, 0.6) is 11.5 Å². The molecule has 5 rings (SSSR count). The second kappa shape index (κ2) is 5.98. The Balaban J connectivity index is 1.74. The van der Waals surface area contributed by atoms with Gasteiger partial charge < -0.3 is 14.4 Å². The summed E-state index contributed by atoms with van der Waals surface area (Å²) < 4.78 is 11.8. The summed E-state index contributed by atoms with van der Waals surface area (Å²) in [6, 6.07) is 15.7. The predicted molar refractivity (Wildman–Crippen MR) is 117 cm³/mol. The Bertz CT molecular complexity index is 1250. The number of nitro benzene ring substituents is 1. The SMILES string of the molecule is COc1cc2c(c([N+](=O)[O-])c1)OC1(C=C2)N(C)c2ccc3ccccc3c2C1(C)C. The molecule has 3 aromatic carbocycles. The predicted octanol–water partition coefficient (Wildman–Crippen LogP) is 5.29. The molecule has 2 aliphatic heterocycles. The summed E-state index contributed by atoms with van der Waals surface area (Å²) in [5.41, 5.74) is 1.40. The summed E-state index contributed by atoms with van der Waals surface area (Å²) in [5, 5.41) is 14.1. The Kier molecular flexibility index (Phi) is 3.69. The molecule has 30 heavy (non-hydrogen) atoms. The van der Waals surface area contributed by atoms with Gasteiger partial charge in [-0.2, -0.15) is 0 Å². The van der Waals surface area contributed by atoms with Crippen LogP contribution in [0.2, 0.25) is 0 Å². The number of fused-ring (bicyclic) bond motifs is 4. The molecule has 3 aromatic rings. The molecule has 0 amide bonds. The molecule has 0 aliphatic carbocycles. The third-order valence-corrected chi connectivity index (χ3v) is 6.54. The fourth-order valence-electron chi connectivity index (χ4n) is 4.98. The Labute approximate surface area is 174 Å². The van der Waals surface area contributed by atoms with Gasteiger partial charge in [-0.05, 0) is 54.5 Å². The second-order valence-electron chi connectivity index (χ2n) is 8.32. The standard InChI is InChI=1S/C24H22N2O4/c1-23(2)21-18-8-6-5-7-15(18)9-10-19(21)25(3)24(23)12-11-16-13-17(29-4)14-20(26(27)28)22(16)30-24/h5-14H,1-4H3. The first-order chi connectivity index (χ1) is 14.3. The van der Waals surface area contributed by atoms with Gasteiger partial charge >= 0.3 is 5.69 Å². The molecule has 0 fully saturated rings.